The lowest BCUT2D eigenvalue weighted by molar-refractivity contribution is 0.0336. The molecule has 13 nitrogen and oxygen atoms in total. The molecule has 0 aliphatic carbocycles. The lowest BCUT2D eigenvalue weighted by atomic mass is 9.92. The number of hydrogen-bond donors (Lipinski definition) is 3. The molecule has 3 atom stereocenters. The summed E-state index contributed by atoms with van der Waals surface area (Å²) in [5, 5.41) is 16.8. The van der Waals surface area contributed by atoms with Crippen molar-refractivity contribution in [3.05, 3.63) is 60.6 Å². The second-order valence-corrected chi connectivity index (χ2v) is 21.5. The highest BCUT2D eigenvalue weighted by atomic mass is 28.4. The van der Waals surface area contributed by atoms with Crippen molar-refractivity contribution in [3.63, 3.8) is 0 Å². The third-order valence-electron chi connectivity index (χ3n) is 10.3. The Hall–Kier alpha value is -4.53. The van der Waals surface area contributed by atoms with Gasteiger partial charge in [0.2, 0.25) is 0 Å². The van der Waals surface area contributed by atoms with Crippen LogP contribution in [0.4, 0.5) is 31.4 Å². The number of aromatic nitrogens is 2. The van der Waals surface area contributed by atoms with Crippen LogP contribution in [0.2, 0.25) is 18.1 Å². The molecule has 1 saturated heterocycles. The zero-order valence-corrected chi connectivity index (χ0v) is 33.7. The minimum Gasteiger partial charge on any atom is -0.464 e. The lowest BCUT2D eigenvalue weighted by Gasteiger charge is -2.48. The smallest absolute Gasteiger partial charge is 0.420 e. The number of likely N-dealkylation sites (N-methyl/N-ethyl adjacent to an activating group) is 1. The van der Waals surface area contributed by atoms with Gasteiger partial charge in [0.05, 0.1) is 47.1 Å². The van der Waals surface area contributed by atoms with E-state index in [9.17, 15) is 19.5 Å². The molecule has 4 amide bonds. The number of fused-ring (bicyclic) bond motifs is 1. The summed E-state index contributed by atoms with van der Waals surface area (Å²) in [6.07, 6.45) is 5.36. The number of ether oxygens (including phenoxy) is 1. The van der Waals surface area contributed by atoms with Crippen molar-refractivity contribution in [3.8, 4) is 0 Å². The van der Waals surface area contributed by atoms with E-state index in [1.165, 1.54) is 18.0 Å². The number of benzene rings is 1. The summed E-state index contributed by atoms with van der Waals surface area (Å²) in [7, 11) is -0.151. The molecular formula is C39H55N7O6Si. The first-order valence-corrected chi connectivity index (χ1v) is 21.1. The van der Waals surface area contributed by atoms with Crippen LogP contribution in [0.3, 0.4) is 0 Å². The normalized spacial score (nSPS) is 20.1. The van der Waals surface area contributed by atoms with Crippen molar-refractivity contribution in [2.45, 2.75) is 90.8 Å². The number of imide groups is 1. The third kappa shape index (κ3) is 9.53. The van der Waals surface area contributed by atoms with Gasteiger partial charge in [0.1, 0.15) is 5.60 Å². The van der Waals surface area contributed by atoms with Crippen LogP contribution in [0.1, 0.15) is 60.5 Å². The van der Waals surface area contributed by atoms with Crippen molar-refractivity contribution < 1.29 is 28.7 Å². The van der Waals surface area contributed by atoms with Gasteiger partial charge in [-0.3, -0.25) is 9.97 Å². The number of carboxylic acid groups (broad SMARTS) is 1. The minimum absolute atomic E-state index is 0.0371. The highest BCUT2D eigenvalue weighted by Crippen LogP contribution is 2.40. The van der Waals surface area contributed by atoms with Crippen molar-refractivity contribution in [1.29, 1.82) is 0 Å². The first kappa shape index (κ1) is 39.7. The standard InChI is InChI=1S/C39H55N7O6Si/c1-25-23-45(24-32(43-36(48)51-38(2,3)4)34(25)52-53(9,10)39(5,6)7)33-13-16-40-22-31(33)42-35(47)46(37(49)50)29-19-28-12-11-27(20-30(28)41-21-29)26-14-17-44(8)18-15-26/h11-14,16,19-22,25,32,34H,15,17-18,23-24H2,1-10H3,(H,42,47)(H,43,48)(H,49,50)/t25-,32+,34+/m0/s1. The number of anilines is 3. The fourth-order valence-electron chi connectivity index (χ4n) is 6.47. The maximum atomic E-state index is 13.8. The summed E-state index contributed by atoms with van der Waals surface area (Å²) in [5.74, 6) is -0.0371. The van der Waals surface area contributed by atoms with Crippen LogP contribution >= 0.6 is 0 Å². The first-order chi connectivity index (χ1) is 24.7. The Morgan fingerprint density at radius 1 is 1.04 bits per heavy atom. The number of nitrogens with one attached hydrogen (secondary N) is 2. The maximum Gasteiger partial charge on any atom is 0.420 e. The molecule has 0 spiro atoms. The summed E-state index contributed by atoms with van der Waals surface area (Å²) < 4.78 is 12.6. The average Bonchev–Trinajstić information content (AvgIpc) is 3.05. The molecular weight excluding hydrogens is 691 g/mol. The molecule has 1 fully saturated rings. The molecule has 2 aromatic heterocycles. The van der Waals surface area contributed by atoms with Gasteiger partial charge in [-0.25, -0.2) is 14.4 Å². The van der Waals surface area contributed by atoms with Gasteiger partial charge in [-0.15, -0.1) is 0 Å². The zero-order chi connectivity index (χ0) is 38.9. The number of amides is 4. The van der Waals surface area contributed by atoms with Crippen molar-refractivity contribution in [2.75, 3.05) is 48.3 Å². The van der Waals surface area contributed by atoms with E-state index in [2.05, 4.69) is 84.3 Å². The van der Waals surface area contributed by atoms with Crippen LogP contribution in [-0.4, -0.2) is 97.5 Å². The predicted molar refractivity (Wildman–Crippen MR) is 212 cm³/mol. The Bertz CT molecular complexity index is 1870. The molecule has 2 aliphatic heterocycles. The van der Waals surface area contributed by atoms with E-state index in [4.69, 9.17) is 9.16 Å². The van der Waals surface area contributed by atoms with Gasteiger partial charge in [-0.2, -0.15) is 4.90 Å². The quantitative estimate of drug-likeness (QED) is 0.205. The number of pyridine rings is 2. The number of alkyl carbamates (subject to hydrolysis) is 1. The molecule has 1 aromatic carbocycles. The largest absolute Gasteiger partial charge is 0.464 e. The predicted octanol–water partition coefficient (Wildman–Crippen LogP) is 7.81. The maximum absolute atomic E-state index is 13.8. The average molecular weight is 746 g/mol. The van der Waals surface area contributed by atoms with E-state index in [1.807, 2.05) is 39.0 Å². The molecule has 0 radical (unpaired) electrons. The Labute approximate surface area is 313 Å². The van der Waals surface area contributed by atoms with E-state index in [0.717, 1.165) is 25.1 Å². The van der Waals surface area contributed by atoms with Crippen LogP contribution in [0.25, 0.3) is 16.5 Å². The fraction of sp³-hybridized carbons (Fsp3) is 0.513. The zero-order valence-electron chi connectivity index (χ0n) is 32.7. The van der Waals surface area contributed by atoms with Crippen LogP contribution in [0, 0.1) is 5.92 Å². The lowest BCUT2D eigenvalue weighted by Crippen LogP contribution is -2.63. The summed E-state index contributed by atoms with van der Waals surface area (Å²) in [4.78, 5) is 53.2. The topological polar surface area (TPSA) is 149 Å². The molecule has 2 aliphatic rings. The Kier molecular flexibility index (Phi) is 11.6. The molecule has 4 heterocycles. The summed E-state index contributed by atoms with van der Waals surface area (Å²) in [6.45, 7) is 21.2. The van der Waals surface area contributed by atoms with Crippen LogP contribution in [0.5, 0.6) is 0 Å². The van der Waals surface area contributed by atoms with Gasteiger partial charge in [0.25, 0.3) is 0 Å². The number of carbonyl (C=O) groups excluding carboxylic acids is 2. The molecule has 0 saturated carbocycles. The van der Waals surface area contributed by atoms with Crippen molar-refractivity contribution >= 4 is 60.1 Å². The molecule has 0 bridgehead atoms. The Morgan fingerprint density at radius 3 is 2.42 bits per heavy atom. The third-order valence-corrected chi connectivity index (χ3v) is 14.8. The number of piperidine rings is 1. The van der Waals surface area contributed by atoms with Gasteiger partial charge in [-0.1, -0.05) is 45.9 Å². The van der Waals surface area contributed by atoms with Crippen LogP contribution < -0.4 is 20.4 Å². The van der Waals surface area contributed by atoms with E-state index < -0.39 is 38.2 Å². The summed E-state index contributed by atoms with van der Waals surface area (Å²) in [6, 6.07) is 7.99. The SMILES string of the molecule is C[C@H]1CN(c2ccncc2NC(=O)N(C(=O)O)c2cnc3cc(C4=CCN(C)CC4)ccc3c2)C[C@@H](NC(=O)OC(C)(C)C)[C@@H]1O[Si](C)(C)C(C)(C)C. The first-order valence-electron chi connectivity index (χ1n) is 18.2. The number of urea groups is 1. The summed E-state index contributed by atoms with van der Waals surface area (Å²) >= 11 is 0. The van der Waals surface area contributed by atoms with Crippen LogP contribution in [-0.2, 0) is 9.16 Å². The van der Waals surface area contributed by atoms with Gasteiger partial charge >= 0.3 is 18.2 Å². The Balaban J connectivity index is 1.39. The Morgan fingerprint density at radius 2 is 1.77 bits per heavy atom. The molecule has 0 unspecified atom stereocenters. The number of carbonyl (C=O) groups is 3. The molecule has 3 N–H and O–H groups in total. The van der Waals surface area contributed by atoms with Gasteiger partial charge < -0.3 is 34.7 Å². The number of nitrogens with zero attached hydrogens (tertiary/aromatic N) is 5. The monoisotopic (exact) mass is 745 g/mol. The molecule has 53 heavy (non-hydrogen) atoms. The molecule has 5 rings (SSSR count). The number of hydrogen-bond acceptors (Lipinski definition) is 9. The fourth-order valence-corrected chi connectivity index (χ4v) is 7.90. The van der Waals surface area contributed by atoms with Crippen LogP contribution in [0.15, 0.2) is 55.0 Å². The second kappa shape index (κ2) is 15.4. The minimum atomic E-state index is -2.24. The van der Waals surface area contributed by atoms with E-state index >= 15 is 0 Å². The van der Waals surface area contributed by atoms with Gasteiger partial charge in [0, 0.05) is 43.7 Å². The highest BCUT2D eigenvalue weighted by molar-refractivity contribution is 6.74. The second-order valence-electron chi connectivity index (χ2n) is 16.8. The van der Waals surface area contributed by atoms with Crippen molar-refractivity contribution in [2.24, 2.45) is 5.92 Å². The van der Waals surface area contributed by atoms with Gasteiger partial charge in [-0.05, 0) is 81.7 Å². The number of rotatable bonds is 7. The van der Waals surface area contributed by atoms with Crippen molar-refractivity contribution in [1.82, 2.24) is 20.2 Å². The molecule has 3 aromatic rings. The molecule has 14 heteroatoms. The molecule has 286 valence electrons. The summed E-state index contributed by atoms with van der Waals surface area (Å²) in [5.41, 5.74) is 3.40. The van der Waals surface area contributed by atoms with E-state index in [1.54, 1.807) is 18.3 Å². The van der Waals surface area contributed by atoms with E-state index in [0.29, 0.717) is 40.3 Å². The van der Waals surface area contributed by atoms with E-state index in [-0.39, 0.29) is 22.7 Å². The highest BCUT2D eigenvalue weighted by Gasteiger charge is 2.45. The van der Waals surface area contributed by atoms with Gasteiger partial charge in [0.15, 0.2) is 8.32 Å².